The van der Waals surface area contributed by atoms with Gasteiger partial charge in [-0.25, -0.2) is 0 Å². The van der Waals surface area contributed by atoms with Crippen molar-refractivity contribution in [2.24, 2.45) is 5.73 Å². The van der Waals surface area contributed by atoms with Gasteiger partial charge in [-0.2, -0.15) is 0 Å². The fourth-order valence-corrected chi connectivity index (χ4v) is 2.56. The average Bonchev–Trinajstić information content (AvgIpc) is 2.65. The summed E-state index contributed by atoms with van der Waals surface area (Å²) in [6, 6.07) is 5.94. The molecule has 0 aliphatic carbocycles. The van der Waals surface area contributed by atoms with Crippen LogP contribution in [0.5, 0.6) is 0 Å². The molecule has 1 heterocycles. The number of benzene rings is 1. The molecule has 1 amide bonds. The summed E-state index contributed by atoms with van der Waals surface area (Å²) >= 11 is 0. The number of aliphatic hydroxyl groups is 1. The van der Waals surface area contributed by atoms with Crippen LogP contribution in [0.2, 0.25) is 0 Å². The third kappa shape index (κ3) is 2.00. The van der Waals surface area contributed by atoms with Crippen LogP contribution in [0.25, 0.3) is 0 Å². The second-order valence-electron chi connectivity index (χ2n) is 4.75. The number of hydrogen-bond acceptors (Lipinski definition) is 3. The Morgan fingerprint density at radius 1 is 1.59 bits per heavy atom. The summed E-state index contributed by atoms with van der Waals surface area (Å²) in [6.07, 6.45) is 0.769. The summed E-state index contributed by atoms with van der Waals surface area (Å²) in [5.74, 6) is -0.406. The molecule has 1 aromatic carbocycles. The molecule has 1 atom stereocenters. The molecule has 0 saturated heterocycles. The first-order chi connectivity index (χ1) is 8.04. The van der Waals surface area contributed by atoms with Gasteiger partial charge in [-0.1, -0.05) is 0 Å². The van der Waals surface area contributed by atoms with E-state index in [0.29, 0.717) is 11.6 Å². The molecule has 0 radical (unpaired) electrons. The van der Waals surface area contributed by atoms with Gasteiger partial charge in [0.1, 0.15) is 0 Å². The number of carbonyl (C=O) groups is 1. The predicted molar refractivity (Wildman–Crippen MR) is 67.2 cm³/mol. The van der Waals surface area contributed by atoms with Crippen molar-refractivity contribution in [2.75, 3.05) is 11.5 Å². The molecular weight excluding hydrogens is 216 g/mol. The summed E-state index contributed by atoms with van der Waals surface area (Å²) in [7, 11) is 0. The zero-order valence-corrected chi connectivity index (χ0v) is 10.2. The number of nitrogens with two attached hydrogens (primary N) is 1. The average molecular weight is 234 g/mol. The number of carbonyl (C=O) groups excluding carboxylic acids is 1. The minimum Gasteiger partial charge on any atom is -0.394 e. The van der Waals surface area contributed by atoms with Gasteiger partial charge in [-0.15, -0.1) is 0 Å². The quantitative estimate of drug-likeness (QED) is 0.817. The molecule has 4 nitrogen and oxygen atoms in total. The second-order valence-corrected chi connectivity index (χ2v) is 4.75. The van der Waals surface area contributed by atoms with Crippen LogP contribution in [0, 0.1) is 0 Å². The van der Waals surface area contributed by atoms with E-state index < -0.39 is 5.91 Å². The van der Waals surface area contributed by atoms with Crippen molar-refractivity contribution in [3.63, 3.8) is 0 Å². The van der Waals surface area contributed by atoms with E-state index in [1.165, 1.54) is 0 Å². The van der Waals surface area contributed by atoms with Crippen LogP contribution in [0.15, 0.2) is 18.2 Å². The molecule has 0 bridgehead atoms. The Morgan fingerprint density at radius 3 is 2.82 bits per heavy atom. The first kappa shape index (κ1) is 11.9. The Labute approximate surface area is 101 Å². The van der Waals surface area contributed by atoms with Gasteiger partial charge >= 0.3 is 0 Å². The third-order valence-corrected chi connectivity index (χ3v) is 3.26. The van der Waals surface area contributed by atoms with Crippen LogP contribution in [-0.4, -0.2) is 29.7 Å². The van der Waals surface area contributed by atoms with Crippen molar-refractivity contribution >= 4 is 11.6 Å². The van der Waals surface area contributed by atoms with Crippen LogP contribution in [0.1, 0.15) is 29.8 Å². The molecule has 1 aliphatic heterocycles. The number of aliphatic hydroxyl groups excluding tert-OH is 1. The molecule has 0 saturated carbocycles. The highest BCUT2D eigenvalue weighted by Crippen LogP contribution is 2.34. The van der Waals surface area contributed by atoms with Crippen molar-refractivity contribution in [3.05, 3.63) is 29.3 Å². The molecular formula is C13H18N2O2. The van der Waals surface area contributed by atoms with E-state index >= 15 is 0 Å². The zero-order chi connectivity index (χ0) is 12.6. The third-order valence-electron chi connectivity index (χ3n) is 3.26. The summed E-state index contributed by atoms with van der Waals surface area (Å²) in [5.41, 5.74) is 7.99. The number of primary amides is 1. The van der Waals surface area contributed by atoms with Crippen LogP contribution in [0.3, 0.4) is 0 Å². The highest BCUT2D eigenvalue weighted by atomic mass is 16.3. The van der Waals surface area contributed by atoms with Gasteiger partial charge in [0, 0.05) is 17.3 Å². The fourth-order valence-electron chi connectivity index (χ4n) is 2.56. The van der Waals surface area contributed by atoms with E-state index in [0.717, 1.165) is 17.7 Å². The van der Waals surface area contributed by atoms with Gasteiger partial charge in [0.05, 0.1) is 12.6 Å². The number of hydrogen-bond donors (Lipinski definition) is 2. The minimum atomic E-state index is -0.406. The molecule has 1 aliphatic rings. The first-order valence-electron chi connectivity index (χ1n) is 5.86. The highest BCUT2D eigenvalue weighted by molar-refractivity contribution is 5.93. The van der Waals surface area contributed by atoms with Gasteiger partial charge in [0.2, 0.25) is 5.91 Å². The van der Waals surface area contributed by atoms with Crippen molar-refractivity contribution in [1.29, 1.82) is 0 Å². The Hall–Kier alpha value is -1.55. The lowest BCUT2D eigenvalue weighted by Crippen LogP contribution is -2.39. The fraction of sp³-hybridized carbons (Fsp3) is 0.462. The Morgan fingerprint density at radius 2 is 2.29 bits per heavy atom. The maximum Gasteiger partial charge on any atom is 0.248 e. The summed E-state index contributed by atoms with van der Waals surface area (Å²) < 4.78 is 0. The van der Waals surface area contributed by atoms with E-state index in [9.17, 15) is 9.90 Å². The van der Waals surface area contributed by atoms with Crippen LogP contribution < -0.4 is 10.6 Å². The monoisotopic (exact) mass is 234 g/mol. The SMILES string of the molecule is CC(C)N1c2ccc(C(N)=O)cc2CC1CO. The molecule has 92 valence electrons. The first-order valence-corrected chi connectivity index (χ1v) is 5.86. The van der Waals surface area contributed by atoms with Crippen molar-refractivity contribution in [3.8, 4) is 0 Å². The van der Waals surface area contributed by atoms with Crippen LogP contribution in [0.4, 0.5) is 5.69 Å². The second kappa shape index (κ2) is 4.37. The van der Waals surface area contributed by atoms with Crippen molar-refractivity contribution in [1.82, 2.24) is 0 Å². The molecule has 0 aromatic heterocycles. The zero-order valence-electron chi connectivity index (χ0n) is 10.2. The summed E-state index contributed by atoms with van der Waals surface area (Å²) in [6.45, 7) is 4.32. The standard InChI is InChI=1S/C13H18N2O2/c1-8(2)15-11(7-16)6-10-5-9(13(14)17)3-4-12(10)15/h3-5,8,11,16H,6-7H2,1-2H3,(H2,14,17). The van der Waals surface area contributed by atoms with Gasteiger partial charge in [-0.05, 0) is 44.0 Å². The molecule has 4 heteroatoms. The summed E-state index contributed by atoms with van der Waals surface area (Å²) in [4.78, 5) is 13.3. The number of amides is 1. The number of nitrogens with zero attached hydrogens (tertiary/aromatic N) is 1. The van der Waals surface area contributed by atoms with Crippen LogP contribution in [-0.2, 0) is 6.42 Å². The predicted octanol–water partition coefficient (Wildman–Crippen LogP) is 0.917. The van der Waals surface area contributed by atoms with Crippen LogP contribution >= 0.6 is 0 Å². The van der Waals surface area contributed by atoms with E-state index in [2.05, 4.69) is 18.7 Å². The van der Waals surface area contributed by atoms with Gasteiger partial charge < -0.3 is 15.7 Å². The lowest BCUT2D eigenvalue weighted by atomic mass is 10.1. The largest absolute Gasteiger partial charge is 0.394 e. The lowest BCUT2D eigenvalue weighted by Gasteiger charge is -2.30. The Kier molecular flexibility index (Phi) is 3.07. The van der Waals surface area contributed by atoms with Gasteiger partial charge in [0.15, 0.2) is 0 Å². The van der Waals surface area contributed by atoms with Gasteiger partial charge in [0.25, 0.3) is 0 Å². The topological polar surface area (TPSA) is 66.6 Å². The number of rotatable bonds is 3. The molecule has 1 aromatic rings. The van der Waals surface area contributed by atoms with E-state index in [4.69, 9.17) is 5.73 Å². The van der Waals surface area contributed by atoms with E-state index in [1.54, 1.807) is 6.07 Å². The molecule has 0 fully saturated rings. The normalized spacial score (nSPS) is 18.6. The number of anilines is 1. The van der Waals surface area contributed by atoms with Gasteiger partial charge in [-0.3, -0.25) is 4.79 Å². The van der Waals surface area contributed by atoms with Crippen molar-refractivity contribution < 1.29 is 9.90 Å². The van der Waals surface area contributed by atoms with Crippen molar-refractivity contribution in [2.45, 2.75) is 32.4 Å². The Balaban J connectivity index is 2.41. The molecule has 3 N–H and O–H groups in total. The molecule has 17 heavy (non-hydrogen) atoms. The molecule has 0 spiro atoms. The van der Waals surface area contributed by atoms with E-state index in [1.807, 2.05) is 12.1 Å². The molecule has 1 unspecified atom stereocenters. The summed E-state index contributed by atoms with van der Waals surface area (Å²) in [5, 5.41) is 9.40. The maximum atomic E-state index is 11.1. The Bertz CT molecular complexity index is 443. The lowest BCUT2D eigenvalue weighted by molar-refractivity contribution is 0.1000. The minimum absolute atomic E-state index is 0.105. The molecule has 2 rings (SSSR count). The highest BCUT2D eigenvalue weighted by Gasteiger charge is 2.30. The maximum absolute atomic E-state index is 11.1. The van der Waals surface area contributed by atoms with E-state index in [-0.39, 0.29) is 12.6 Å². The number of fused-ring (bicyclic) bond motifs is 1. The smallest absolute Gasteiger partial charge is 0.248 e.